The van der Waals surface area contributed by atoms with Gasteiger partial charge in [-0.1, -0.05) is 53.4 Å². The lowest BCUT2D eigenvalue weighted by molar-refractivity contribution is -0.111. The molecule has 1 aliphatic rings. The Labute approximate surface area is 154 Å². The molecule has 0 aliphatic carbocycles. The van der Waals surface area contributed by atoms with E-state index in [-0.39, 0.29) is 29.2 Å². The van der Waals surface area contributed by atoms with Crippen molar-refractivity contribution in [2.24, 2.45) is 0 Å². The molecule has 3 atom stereocenters. The minimum atomic E-state index is -1.53. The van der Waals surface area contributed by atoms with Crippen LogP contribution in [0.25, 0.3) is 0 Å². The van der Waals surface area contributed by atoms with E-state index in [1.54, 1.807) is 0 Å². The van der Waals surface area contributed by atoms with E-state index >= 15 is 0 Å². The first kappa shape index (κ1) is 18.6. The first-order valence-corrected chi connectivity index (χ1v) is 9.94. The smallest absolute Gasteiger partial charge is 0.354 e. The van der Waals surface area contributed by atoms with Gasteiger partial charge < -0.3 is 9.84 Å². The standard InChI is InChI=1S/C20H21FO4S/c21-16-11-9-14(10-12-16)17(22)7-4-8-19(23)26-18(13-25-20(26)24)15-5-2-1-3-6-15/h1-3,5-6,9-12,17-18,22,26H,4,7-8,13H2/t17-,18+/m0/s1. The molecule has 0 radical (unpaired) electrons. The van der Waals surface area contributed by atoms with Crippen molar-refractivity contribution >= 4 is 21.3 Å². The van der Waals surface area contributed by atoms with E-state index < -0.39 is 22.3 Å². The largest absolute Gasteiger partial charge is 0.457 e. The van der Waals surface area contributed by atoms with Crippen LogP contribution in [0.1, 0.15) is 41.7 Å². The van der Waals surface area contributed by atoms with Crippen LogP contribution in [-0.2, 0) is 9.53 Å². The van der Waals surface area contributed by atoms with Crippen molar-refractivity contribution in [2.75, 3.05) is 6.61 Å². The zero-order chi connectivity index (χ0) is 18.5. The molecular weight excluding hydrogens is 355 g/mol. The summed E-state index contributed by atoms with van der Waals surface area (Å²) in [6.07, 6.45) is 0.315. The number of hydrogen-bond acceptors (Lipinski definition) is 4. The van der Waals surface area contributed by atoms with Gasteiger partial charge in [0.25, 0.3) is 0 Å². The molecule has 1 N–H and O–H groups in total. The number of cyclic esters (lactones) is 1. The predicted octanol–water partition coefficient (Wildman–Crippen LogP) is 4.45. The Kier molecular flexibility index (Phi) is 6.06. The molecule has 6 heteroatoms. The summed E-state index contributed by atoms with van der Waals surface area (Å²) in [6.45, 7) is 0.249. The van der Waals surface area contributed by atoms with E-state index in [0.717, 1.165) is 5.56 Å². The van der Waals surface area contributed by atoms with Gasteiger partial charge in [-0.05, 0) is 36.1 Å². The van der Waals surface area contributed by atoms with Crippen LogP contribution in [0.5, 0.6) is 0 Å². The lowest BCUT2D eigenvalue weighted by Gasteiger charge is -2.18. The molecule has 0 bridgehead atoms. The topological polar surface area (TPSA) is 63.6 Å². The number of thiol groups is 1. The molecule has 0 aromatic heterocycles. The van der Waals surface area contributed by atoms with Crippen molar-refractivity contribution in [1.82, 2.24) is 0 Å². The summed E-state index contributed by atoms with van der Waals surface area (Å²) in [7, 11) is -1.53. The number of rotatable bonds is 6. The van der Waals surface area contributed by atoms with Crippen molar-refractivity contribution < 1.29 is 23.8 Å². The summed E-state index contributed by atoms with van der Waals surface area (Å²) in [5.41, 5.74) is 1.57. The quantitative estimate of drug-likeness (QED) is 0.578. The molecular formula is C20H21FO4S. The number of hydrogen-bond donors (Lipinski definition) is 2. The Morgan fingerprint density at radius 2 is 1.88 bits per heavy atom. The van der Waals surface area contributed by atoms with Crippen molar-refractivity contribution in [3.63, 3.8) is 0 Å². The van der Waals surface area contributed by atoms with Crippen LogP contribution in [0.3, 0.4) is 0 Å². The van der Waals surface area contributed by atoms with Gasteiger partial charge >= 0.3 is 5.30 Å². The highest BCUT2D eigenvalue weighted by Crippen LogP contribution is 2.51. The monoisotopic (exact) mass is 376 g/mol. The molecule has 0 saturated carbocycles. The lowest BCUT2D eigenvalue weighted by atomic mass is 10.0. The molecule has 1 saturated heterocycles. The summed E-state index contributed by atoms with van der Waals surface area (Å²) < 4.78 is 18.1. The third-order valence-corrected chi connectivity index (χ3v) is 6.80. The molecule has 1 aliphatic heterocycles. The van der Waals surface area contributed by atoms with Crippen molar-refractivity contribution in [3.05, 3.63) is 71.5 Å². The van der Waals surface area contributed by atoms with E-state index in [1.165, 1.54) is 24.3 Å². The first-order chi connectivity index (χ1) is 12.6. The molecule has 1 fully saturated rings. The minimum absolute atomic E-state index is 0.0948. The number of carbonyl (C=O) groups is 2. The highest BCUT2D eigenvalue weighted by Gasteiger charge is 2.38. The van der Waals surface area contributed by atoms with Gasteiger partial charge in [-0.25, -0.2) is 9.18 Å². The summed E-state index contributed by atoms with van der Waals surface area (Å²) in [6, 6.07) is 15.1. The van der Waals surface area contributed by atoms with Gasteiger partial charge in [0, 0.05) is 6.42 Å². The minimum Gasteiger partial charge on any atom is -0.457 e. The van der Waals surface area contributed by atoms with Crippen LogP contribution < -0.4 is 0 Å². The summed E-state index contributed by atoms with van der Waals surface area (Å²) >= 11 is 0. The van der Waals surface area contributed by atoms with Crippen molar-refractivity contribution in [3.8, 4) is 0 Å². The van der Waals surface area contributed by atoms with Crippen molar-refractivity contribution in [2.45, 2.75) is 30.6 Å². The van der Waals surface area contributed by atoms with Gasteiger partial charge in [-0.15, -0.1) is 0 Å². The second-order valence-electron chi connectivity index (χ2n) is 6.23. The molecule has 0 spiro atoms. The molecule has 26 heavy (non-hydrogen) atoms. The fourth-order valence-corrected chi connectivity index (χ4v) is 5.15. The number of ether oxygens (including phenoxy) is 1. The molecule has 2 aromatic rings. The third kappa shape index (κ3) is 4.31. The van der Waals surface area contributed by atoms with Crippen LogP contribution in [-0.4, -0.2) is 22.1 Å². The maximum atomic E-state index is 12.9. The van der Waals surface area contributed by atoms with Crippen LogP contribution in [0, 0.1) is 5.82 Å². The maximum absolute atomic E-state index is 12.9. The van der Waals surface area contributed by atoms with Gasteiger partial charge in [0.1, 0.15) is 12.4 Å². The Balaban J connectivity index is 1.56. The SMILES string of the molecule is O=C(CCC[C@H](O)c1ccc(F)cc1)[SH]1C(=O)OC[C@@H]1c1ccccc1. The summed E-state index contributed by atoms with van der Waals surface area (Å²) in [5.74, 6) is -0.356. The van der Waals surface area contributed by atoms with Gasteiger partial charge in [0.2, 0.25) is 0 Å². The predicted molar refractivity (Wildman–Crippen MR) is 99.7 cm³/mol. The summed E-state index contributed by atoms with van der Waals surface area (Å²) in [5, 5.41) is 9.47. The van der Waals surface area contributed by atoms with Gasteiger partial charge in [0.05, 0.1) is 11.4 Å². The lowest BCUT2D eigenvalue weighted by Crippen LogP contribution is -2.09. The van der Waals surface area contributed by atoms with Gasteiger partial charge in [-0.3, -0.25) is 4.79 Å². The van der Waals surface area contributed by atoms with Gasteiger partial charge in [0.15, 0.2) is 5.12 Å². The average molecular weight is 376 g/mol. The molecule has 138 valence electrons. The van der Waals surface area contributed by atoms with E-state index in [1.807, 2.05) is 30.3 Å². The zero-order valence-electron chi connectivity index (χ0n) is 14.2. The Morgan fingerprint density at radius 3 is 2.58 bits per heavy atom. The molecule has 1 heterocycles. The van der Waals surface area contributed by atoms with E-state index in [9.17, 15) is 19.1 Å². The molecule has 4 nitrogen and oxygen atoms in total. The fourth-order valence-electron chi connectivity index (χ4n) is 3.04. The highest BCUT2D eigenvalue weighted by molar-refractivity contribution is 8.41. The number of benzene rings is 2. The highest BCUT2D eigenvalue weighted by atomic mass is 32.2. The zero-order valence-corrected chi connectivity index (χ0v) is 15.1. The Hall–Kier alpha value is -2.18. The van der Waals surface area contributed by atoms with Crippen LogP contribution in [0.4, 0.5) is 9.18 Å². The normalized spacial score (nSPS) is 22.0. The van der Waals surface area contributed by atoms with Crippen LogP contribution >= 0.6 is 10.9 Å². The van der Waals surface area contributed by atoms with E-state index in [2.05, 4.69) is 0 Å². The molecule has 1 unspecified atom stereocenters. The number of carbonyl (C=O) groups excluding carboxylic acids is 2. The number of halogens is 1. The number of aliphatic hydroxyl groups is 1. The van der Waals surface area contributed by atoms with Gasteiger partial charge in [-0.2, -0.15) is 0 Å². The van der Waals surface area contributed by atoms with Crippen LogP contribution in [0.15, 0.2) is 54.6 Å². The summed E-state index contributed by atoms with van der Waals surface area (Å²) in [4.78, 5) is 24.6. The second kappa shape index (κ2) is 8.47. The third-order valence-electron chi connectivity index (χ3n) is 4.45. The fraction of sp³-hybridized carbons (Fsp3) is 0.300. The van der Waals surface area contributed by atoms with Crippen molar-refractivity contribution in [1.29, 1.82) is 0 Å². The second-order valence-corrected chi connectivity index (χ2v) is 8.45. The average Bonchev–Trinajstić information content (AvgIpc) is 3.04. The Bertz CT molecular complexity index is 763. The molecule has 2 aromatic carbocycles. The molecule has 0 amide bonds. The Morgan fingerprint density at radius 1 is 1.19 bits per heavy atom. The maximum Gasteiger partial charge on any atom is 0.354 e. The number of aliphatic hydroxyl groups excluding tert-OH is 1. The molecule has 3 rings (SSSR count). The first-order valence-electron chi connectivity index (χ1n) is 8.53. The van der Waals surface area contributed by atoms with Crippen LogP contribution in [0.2, 0.25) is 0 Å². The van der Waals surface area contributed by atoms with E-state index in [0.29, 0.717) is 18.4 Å². The van der Waals surface area contributed by atoms with E-state index in [4.69, 9.17) is 4.74 Å².